The Balaban J connectivity index is 2.70. The number of amides is 2. The van der Waals surface area contributed by atoms with Gasteiger partial charge in [-0.3, -0.25) is 9.69 Å². The van der Waals surface area contributed by atoms with Crippen LogP contribution in [0.5, 0.6) is 0 Å². The van der Waals surface area contributed by atoms with Crippen molar-refractivity contribution in [3.05, 3.63) is 0 Å². The van der Waals surface area contributed by atoms with Gasteiger partial charge in [-0.25, -0.2) is 4.79 Å². The number of hydrogen-bond donors (Lipinski definition) is 1. The summed E-state index contributed by atoms with van der Waals surface area (Å²) >= 11 is 0. The lowest BCUT2D eigenvalue weighted by Gasteiger charge is -2.35. The van der Waals surface area contributed by atoms with Crippen LogP contribution in [0.25, 0.3) is 0 Å². The molecule has 1 fully saturated rings. The van der Waals surface area contributed by atoms with Crippen molar-refractivity contribution in [3.8, 4) is 0 Å². The Morgan fingerprint density at radius 3 is 2.69 bits per heavy atom. The summed E-state index contributed by atoms with van der Waals surface area (Å²) in [5.74, 6) is -0.0976. The highest BCUT2D eigenvalue weighted by molar-refractivity contribution is 5.86. The Labute approximate surface area is 96.1 Å². The highest BCUT2D eigenvalue weighted by Crippen LogP contribution is 2.15. The molecule has 5 heteroatoms. The lowest BCUT2D eigenvalue weighted by atomic mass is 10.1. The smallest absolute Gasteiger partial charge is 0.411 e. The summed E-state index contributed by atoms with van der Waals surface area (Å²) in [4.78, 5) is 24.9. The van der Waals surface area contributed by atoms with E-state index in [1.807, 2.05) is 27.7 Å². The first-order chi connectivity index (χ1) is 7.35. The topological polar surface area (TPSA) is 58.6 Å². The Kier molecular flexibility index (Phi) is 3.78. The summed E-state index contributed by atoms with van der Waals surface area (Å²) in [6.45, 7) is 8.34. The number of nitrogens with zero attached hydrogens (tertiary/aromatic N) is 1. The molecule has 0 aromatic carbocycles. The maximum Gasteiger partial charge on any atom is 0.411 e. The molecule has 0 spiro atoms. The number of nitrogens with one attached hydrogen (secondary N) is 1. The predicted molar refractivity (Wildman–Crippen MR) is 60.0 cm³/mol. The molecule has 0 aromatic rings. The van der Waals surface area contributed by atoms with Crippen molar-refractivity contribution in [1.29, 1.82) is 0 Å². The number of carbonyl (C=O) groups excluding carboxylic acids is 2. The van der Waals surface area contributed by atoms with Crippen LogP contribution in [0, 0.1) is 0 Å². The Bertz CT molecular complexity index is 283. The van der Waals surface area contributed by atoms with Crippen LogP contribution in [0.15, 0.2) is 0 Å². The van der Waals surface area contributed by atoms with E-state index in [0.717, 1.165) is 0 Å². The molecule has 1 aliphatic rings. The summed E-state index contributed by atoms with van der Waals surface area (Å²) in [6, 6.07) is -0.399. The number of rotatable bonds is 1. The molecule has 92 valence electrons. The number of hydrogen-bond acceptors (Lipinski definition) is 3. The van der Waals surface area contributed by atoms with Gasteiger partial charge in [0.15, 0.2) is 0 Å². The van der Waals surface area contributed by atoms with E-state index in [9.17, 15) is 9.59 Å². The van der Waals surface area contributed by atoms with Gasteiger partial charge in [0.1, 0.15) is 11.6 Å². The van der Waals surface area contributed by atoms with Crippen molar-refractivity contribution in [2.75, 3.05) is 13.1 Å². The van der Waals surface area contributed by atoms with E-state index in [2.05, 4.69) is 5.32 Å². The van der Waals surface area contributed by atoms with E-state index in [1.165, 1.54) is 4.90 Å². The van der Waals surface area contributed by atoms with Crippen LogP contribution in [0.3, 0.4) is 0 Å². The van der Waals surface area contributed by atoms with Crippen LogP contribution in [-0.2, 0) is 9.53 Å². The van der Waals surface area contributed by atoms with Crippen molar-refractivity contribution in [3.63, 3.8) is 0 Å². The van der Waals surface area contributed by atoms with Crippen LogP contribution < -0.4 is 5.32 Å². The van der Waals surface area contributed by atoms with Crippen molar-refractivity contribution >= 4 is 12.0 Å². The highest BCUT2D eigenvalue weighted by Gasteiger charge is 2.34. The zero-order chi connectivity index (χ0) is 12.3. The van der Waals surface area contributed by atoms with Crippen LogP contribution in [0.4, 0.5) is 4.79 Å². The standard InChI is InChI=1S/C11H20N2O3/c1-5-8-9(14)12-6-7-13(8)10(15)16-11(2,3)4/h8H,5-7H2,1-4H3,(H,12,14)/t8-/m1/s1. The molecule has 16 heavy (non-hydrogen) atoms. The van der Waals surface area contributed by atoms with Gasteiger partial charge in [0.25, 0.3) is 0 Å². The fraction of sp³-hybridized carbons (Fsp3) is 0.818. The molecule has 1 heterocycles. The SMILES string of the molecule is CC[C@@H]1C(=O)NCCN1C(=O)OC(C)(C)C. The van der Waals surface area contributed by atoms with Gasteiger partial charge < -0.3 is 10.1 Å². The van der Waals surface area contributed by atoms with Gasteiger partial charge in [0.05, 0.1) is 0 Å². The molecular weight excluding hydrogens is 208 g/mol. The summed E-state index contributed by atoms with van der Waals surface area (Å²) in [5, 5.41) is 2.74. The molecule has 1 saturated heterocycles. The normalized spacial score (nSPS) is 21.6. The highest BCUT2D eigenvalue weighted by atomic mass is 16.6. The lowest BCUT2D eigenvalue weighted by molar-refractivity contribution is -0.129. The van der Waals surface area contributed by atoms with E-state index in [0.29, 0.717) is 19.5 Å². The van der Waals surface area contributed by atoms with Gasteiger partial charge in [0.2, 0.25) is 5.91 Å². The molecular formula is C11H20N2O3. The van der Waals surface area contributed by atoms with Crippen molar-refractivity contribution in [2.45, 2.75) is 45.8 Å². The van der Waals surface area contributed by atoms with E-state index < -0.39 is 17.7 Å². The summed E-state index contributed by atoms with van der Waals surface area (Å²) in [5.41, 5.74) is -0.525. The van der Waals surface area contributed by atoms with Crippen LogP contribution >= 0.6 is 0 Å². The average molecular weight is 228 g/mol. The van der Waals surface area contributed by atoms with Gasteiger partial charge in [-0.1, -0.05) is 6.92 Å². The molecule has 1 aliphatic heterocycles. The quantitative estimate of drug-likeness (QED) is 0.732. The number of piperazine rings is 1. The van der Waals surface area contributed by atoms with E-state index in [4.69, 9.17) is 4.74 Å². The third-order valence-electron chi connectivity index (χ3n) is 2.35. The maximum absolute atomic E-state index is 11.9. The number of ether oxygens (including phenoxy) is 1. The second-order valence-corrected chi connectivity index (χ2v) is 4.89. The fourth-order valence-electron chi connectivity index (χ4n) is 1.66. The van der Waals surface area contributed by atoms with Gasteiger partial charge in [-0.05, 0) is 27.2 Å². The monoisotopic (exact) mass is 228 g/mol. The molecule has 0 aliphatic carbocycles. The Hall–Kier alpha value is -1.26. The largest absolute Gasteiger partial charge is 0.444 e. The average Bonchev–Trinajstić information content (AvgIpc) is 2.14. The zero-order valence-corrected chi connectivity index (χ0v) is 10.4. The summed E-state index contributed by atoms with van der Waals surface area (Å²) in [7, 11) is 0. The second kappa shape index (κ2) is 4.72. The molecule has 1 atom stereocenters. The molecule has 0 unspecified atom stereocenters. The number of carbonyl (C=O) groups is 2. The first kappa shape index (κ1) is 12.8. The van der Waals surface area contributed by atoms with Crippen molar-refractivity contribution in [2.24, 2.45) is 0 Å². The minimum atomic E-state index is -0.525. The molecule has 0 bridgehead atoms. The Morgan fingerprint density at radius 2 is 2.19 bits per heavy atom. The maximum atomic E-state index is 11.9. The predicted octanol–water partition coefficient (Wildman–Crippen LogP) is 1.13. The van der Waals surface area contributed by atoms with E-state index in [1.54, 1.807) is 0 Å². The van der Waals surface area contributed by atoms with Crippen LogP contribution in [0.1, 0.15) is 34.1 Å². The molecule has 5 nitrogen and oxygen atoms in total. The van der Waals surface area contributed by atoms with Gasteiger partial charge >= 0.3 is 6.09 Å². The van der Waals surface area contributed by atoms with Gasteiger partial charge in [-0.15, -0.1) is 0 Å². The third-order valence-corrected chi connectivity index (χ3v) is 2.35. The second-order valence-electron chi connectivity index (χ2n) is 4.89. The van der Waals surface area contributed by atoms with E-state index >= 15 is 0 Å². The molecule has 2 amide bonds. The third kappa shape index (κ3) is 3.12. The van der Waals surface area contributed by atoms with Gasteiger partial charge in [-0.2, -0.15) is 0 Å². The molecule has 0 radical (unpaired) electrons. The fourth-order valence-corrected chi connectivity index (χ4v) is 1.66. The first-order valence-corrected chi connectivity index (χ1v) is 5.62. The minimum Gasteiger partial charge on any atom is -0.444 e. The van der Waals surface area contributed by atoms with Crippen LogP contribution in [-0.4, -0.2) is 41.6 Å². The van der Waals surface area contributed by atoms with Crippen molar-refractivity contribution < 1.29 is 14.3 Å². The van der Waals surface area contributed by atoms with Gasteiger partial charge in [0, 0.05) is 13.1 Å². The summed E-state index contributed by atoms with van der Waals surface area (Å²) in [6.07, 6.45) is 0.194. The minimum absolute atomic E-state index is 0.0976. The molecule has 1 rings (SSSR count). The molecule has 0 aromatic heterocycles. The van der Waals surface area contributed by atoms with E-state index in [-0.39, 0.29) is 5.91 Å². The zero-order valence-electron chi connectivity index (χ0n) is 10.4. The molecule has 1 N–H and O–H groups in total. The lowest BCUT2D eigenvalue weighted by Crippen LogP contribution is -2.57. The van der Waals surface area contributed by atoms with Crippen LogP contribution in [0.2, 0.25) is 0 Å². The molecule has 0 saturated carbocycles. The Morgan fingerprint density at radius 1 is 1.56 bits per heavy atom. The first-order valence-electron chi connectivity index (χ1n) is 5.62. The summed E-state index contributed by atoms with van der Waals surface area (Å²) < 4.78 is 5.26. The van der Waals surface area contributed by atoms with Crippen molar-refractivity contribution in [1.82, 2.24) is 10.2 Å².